The Kier molecular flexibility index (Phi) is 20.1. The van der Waals surface area contributed by atoms with Gasteiger partial charge in [-0.05, 0) is 59.3 Å². The van der Waals surface area contributed by atoms with E-state index in [4.69, 9.17) is 22.0 Å². The van der Waals surface area contributed by atoms with E-state index in [1.54, 1.807) is 0 Å². The number of hydroxylamine groups is 2. The van der Waals surface area contributed by atoms with Crippen molar-refractivity contribution in [1.29, 1.82) is 0 Å². The molecular weight excluding hydrogens is 626 g/mol. The van der Waals surface area contributed by atoms with Crippen LogP contribution in [0.25, 0.3) is 0 Å². The molecule has 48 heavy (non-hydrogen) atoms. The number of carbonyl (C=O) groups is 6. The second-order valence-electron chi connectivity index (χ2n) is 12.2. The molecule has 11 N–H and O–H groups in total. The van der Waals surface area contributed by atoms with Crippen LogP contribution in [0.15, 0.2) is 4.99 Å². The van der Waals surface area contributed by atoms with Crippen molar-refractivity contribution in [2.75, 3.05) is 13.1 Å². The third-order valence-electron chi connectivity index (χ3n) is 7.80. The number of unbranched alkanes of at least 4 members (excludes halogenated alkanes) is 3. The van der Waals surface area contributed by atoms with Crippen LogP contribution in [0.5, 0.6) is 0 Å². The average Bonchev–Trinajstić information content (AvgIpc) is 3.81. The van der Waals surface area contributed by atoms with Crippen molar-refractivity contribution in [2.24, 2.45) is 22.2 Å². The van der Waals surface area contributed by atoms with Gasteiger partial charge in [0.15, 0.2) is 12.2 Å². The molecule has 17 nitrogen and oxygen atoms in total. The van der Waals surface area contributed by atoms with Gasteiger partial charge in [-0.2, -0.15) is 0 Å². The average molecular weight is 684 g/mol. The third-order valence-corrected chi connectivity index (χ3v) is 7.80. The molecule has 1 aliphatic heterocycles. The first-order valence-electron chi connectivity index (χ1n) is 16.8. The lowest BCUT2D eigenvalue weighted by Gasteiger charge is -2.23. The number of amides is 4. The van der Waals surface area contributed by atoms with Crippen LogP contribution >= 0.6 is 0 Å². The lowest BCUT2D eigenvalue weighted by atomic mass is 10.1. The van der Waals surface area contributed by atoms with Gasteiger partial charge in [0.05, 0.1) is 18.2 Å². The first-order valence-corrected chi connectivity index (χ1v) is 16.8. The molecule has 0 aromatic carbocycles. The highest BCUT2D eigenvalue weighted by Gasteiger charge is 2.49. The zero-order valence-electron chi connectivity index (χ0n) is 28.7. The Bertz CT molecular complexity index is 1090. The number of rotatable bonds is 26. The van der Waals surface area contributed by atoms with Gasteiger partial charge < -0.3 is 48.4 Å². The van der Waals surface area contributed by atoms with E-state index in [1.165, 1.54) is 25.8 Å². The number of guanidine groups is 1. The highest BCUT2D eigenvalue weighted by molar-refractivity contribution is 5.92. The molecule has 0 spiro atoms. The number of hydrogen-bond acceptors (Lipinski definition) is 11. The summed E-state index contributed by atoms with van der Waals surface area (Å²) in [5.41, 5.74) is 16.4. The molecule has 1 unspecified atom stereocenters. The molecule has 4 amide bonds. The van der Waals surface area contributed by atoms with E-state index < -0.39 is 60.3 Å². The van der Waals surface area contributed by atoms with Crippen LogP contribution < -0.4 is 38.5 Å². The molecule has 1 heterocycles. The van der Waals surface area contributed by atoms with Crippen molar-refractivity contribution in [3.05, 3.63) is 0 Å². The van der Waals surface area contributed by atoms with Gasteiger partial charge in [0.25, 0.3) is 0 Å². The Balaban J connectivity index is 2.62. The summed E-state index contributed by atoms with van der Waals surface area (Å²) in [6.45, 7) is 7.14. The largest absolute Gasteiger partial charge is 0.391 e. The Morgan fingerprint density at radius 1 is 0.875 bits per heavy atom. The third kappa shape index (κ3) is 16.9. The second kappa shape index (κ2) is 22.8. The van der Waals surface area contributed by atoms with Gasteiger partial charge >= 0.3 is 0 Å². The molecule has 0 aliphatic carbocycles. The standard InChI is InChI=1S/C31H57N9O8/c1-5-6-7-11-22(43)14-15-26(44)35-16-9-8-13-24(30-40(48-30)25(18-41)21(4)42)39-28(46)20(3)37-27(45)19(2)38-29(47)23(32)12-10-17-36-31(33)34/h18-21,23-25,30,42H,5-17,32H2,1-4H3,(H,35,44)(H,37,45)(H,38,47)(H,39,46)(H4,33,34,36)/t19-,20-,21+,23-,24-,25+,30+,40?/m0/s1. The maximum atomic E-state index is 13.1. The summed E-state index contributed by atoms with van der Waals surface area (Å²) in [5.74, 6) is -1.86. The number of hydrogen-bond donors (Lipinski definition) is 8. The van der Waals surface area contributed by atoms with Crippen LogP contribution in [0.1, 0.15) is 98.3 Å². The molecule has 1 fully saturated rings. The molecule has 1 saturated heterocycles. The van der Waals surface area contributed by atoms with Crippen molar-refractivity contribution in [1.82, 2.24) is 26.3 Å². The SMILES string of the molecule is CCCCCC(=O)CCC(=O)NCCCC[C@H](NC(=O)[C@H](C)NC(=O)[C@H](C)NC(=O)[C@@H](N)CCCN=C(N)N)[C@H]1ON1[C@H](C=O)[C@@H](C)O. The van der Waals surface area contributed by atoms with Crippen molar-refractivity contribution >= 4 is 41.7 Å². The number of carbonyl (C=O) groups excluding carboxylic acids is 6. The fourth-order valence-electron chi connectivity index (χ4n) is 4.76. The lowest BCUT2D eigenvalue weighted by molar-refractivity contribution is -0.132. The Morgan fingerprint density at radius 3 is 2.12 bits per heavy atom. The second-order valence-corrected chi connectivity index (χ2v) is 12.2. The lowest BCUT2D eigenvalue weighted by Crippen LogP contribution is -2.55. The molecule has 0 bridgehead atoms. The maximum absolute atomic E-state index is 13.1. The molecule has 0 aromatic heterocycles. The predicted molar refractivity (Wildman–Crippen MR) is 179 cm³/mol. The van der Waals surface area contributed by atoms with E-state index >= 15 is 0 Å². The number of aliphatic imine (C=N–C) groups is 1. The van der Waals surface area contributed by atoms with Gasteiger partial charge in [-0.1, -0.05) is 19.8 Å². The minimum atomic E-state index is -1.01. The fraction of sp³-hybridized carbons (Fsp3) is 0.774. The highest BCUT2D eigenvalue weighted by Crippen LogP contribution is 2.30. The Labute approximate surface area is 282 Å². The topological polar surface area (TPSA) is 277 Å². The number of Topliss-reactive ketones (excluding diaryl/α,β-unsaturated/α-hetero) is 1. The molecule has 17 heteroatoms. The van der Waals surface area contributed by atoms with Gasteiger partial charge in [0, 0.05) is 32.4 Å². The van der Waals surface area contributed by atoms with Gasteiger partial charge in [0.2, 0.25) is 23.6 Å². The number of aliphatic hydroxyl groups is 1. The fourth-order valence-corrected chi connectivity index (χ4v) is 4.76. The number of nitrogens with two attached hydrogens (primary N) is 3. The molecule has 0 aromatic rings. The molecule has 8 atom stereocenters. The molecular formula is C31H57N9O8. The normalized spacial score (nSPS) is 19.0. The zero-order valence-corrected chi connectivity index (χ0v) is 28.7. The monoisotopic (exact) mass is 683 g/mol. The highest BCUT2D eigenvalue weighted by atomic mass is 16.8. The first kappa shape index (κ1) is 42.4. The summed E-state index contributed by atoms with van der Waals surface area (Å²) in [5, 5.41) is 22.0. The number of nitrogens with one attached hydrogen (secondary N) is 4. The molecule has 0 radical (unpaired) electrons. The molecule has 1 aliphatic rings. The molecule has 0 saturated carbocycles. The maximum Gasteiger partial charge on any atom is 0.242 e. The first-order chi connectivity index (χ1) is 22.7. The summed E-state index contributed by atoms with van der Waals surface area (Å²) >= 11 is 0. The van der Waals surface area contributed by atoms with Crippen LogP contribution in [0.4, 0.5) is 0 Å². The minimum Gasteiger partial charge on any atom is -0.391 e. The van der Waals surface area contributed by atoms with E-state index in [0.29, 0.717) is 57.9 Å². The number of aliphatic hydroxyl groups excluding tert-OH is 1. The van der Waals surface area contributed by atoms with Crippen molar-refractivity contribution in [2.45, 2.75) is 141 Å². The number of nitrogens with zero attached hydrogens (tertiary/aromatic N) is 2. The summed E-state index contributed by atoms with van der Waals surface area (Å²) in [6, 6.07) is -4.40. The Morgan fingerprint density at radius 2 is 1.52 bits per heavy atom. The summed E-state index contributed by atoms with van der Waals surface area (Å²) < 4.78 is 0. The number of ketones is 1. The summed E-state index contributed by atoms with van der Waals surface area (Å²) in [7, 11) is 0. The summed E-state index contributed by atoms with van der Waals surface area (Å²) in [6.07, 6.45) is 4.85. The van der Waals surface area contributed by atoms with Crippen molar-refractivity contribution in [3.8, 4) is 0 Å². The smallest absolute Gasteiger partial charge is 0.242 e. The number of aldehydes is 1. The van der Waals surface area contributed by atoms with Crippen LogP contribution in [-0.4, -0.2) is 107 Å². The van der Waals surface area contributed by atoms with Gasteiger partial charge in [-0.15, -0.1) is 5.06 Å². The van der Waals surface area contributed by atoms with Gasteiger partial charge in [0.1, 0.15) is 30.2 Å². The van der Waals surface area contributed by atoms with E-state index in [9.17, 15) is 33.9 Å². The van der Waals surface area contributed by atoms with Crippen molar-refractivity contribution in [3.63, 3.8) is 0 Å². The van der Waals surface area contributed by atoms with E-state index in [2.05, 4.69) is 33.2 Å². The zero-order chi connectivity index (χ0) is 36.2. The van der Waals surface area contributed by atoms with Gasteiger partial charge in [-0.3, -0.25) is 33.8 Å². The van der Waals surface area contributed by atoms with E-state index in [0.717, 1.165) is 19.3 Å². The quantitative estimate of drug-likeness (QED) is 0.0172. The van der Waals surface area contributed by atoms with Gasteiger partial charge in [-0.25, -0.2) is 0 Å². The summed E-state index contributed by atoms with van der Waals surface area (Å²) in [4.78, 5) is 83.2. The van der Waals surface area contributed by atoms with Crippen LogP contribution in [0, 0.1) is 0 Å². The molecule has 1 rings (SSSR count). The molecule has 274 valence electrons. The van der Waals surface area contributed by atoms with Crippen LogP contribution in [0.3, 0.4) is 0 Å². The minimum absolute atomic E-state index is 0.0606. The predicted octanol–water partition coefficient (Wildman–Crippen LogP) is -1.40. The van der Waals surface area contributed by atoms with Crippen LogP contribution in [0.2, 0.25) is 0 Å². The van der Waals surface area contributed by atoms with E-state index in [-0.39, 0.29) is 30.5 Å². The van der Waals surface area contributed by atoms with Crippen molar-refractivity contribution < 1.29 is 38.7 Å². The Hall–Kier alpha value is -3.67. The van der Waals surface area contributed by atoms with Crippen LogP contribution in [-0.2, 0) is 33.6 Å². The van der Waals surface area contributed by atoms with E-state index in [1.807, 2.05) is 0 Å².